The quantitative estimate of drug-likeness (QED) is 0.0264. The molecule has 3 N–H and O–H groups in total. The molecule has 93 heavy (non-hydrogen) atoms. The van der Waals surface area contributed by atoms with Crippen molar-refractivity contribution >= 4 is 19.8 Å². The van der Waals surface area contributed by atoms with Gasteiger partial charge in [-0.15, -0.1) is 0 Å². The summed E-state index contributed by atoms with van der Waals surface area (Å²) < 4.78 is 33.3. The van der Waals surface area contributed by atoms with E-state index in [0.717, 1.165) is 96.3 Å². The molecule has 0 bridgehead atoms. The Morgan fingerprint density at radius 3 is 0.882 bits per heavy atom. The van der Waals surface area contributed by atoms with Crippen LogP contribution in [0.1, 0.15) is 361 Å². The van der Waals surface area contributed by atoms with Gasteiger partial charge in [0.05, 0.1) is 13.2 Å². The number of unbranched alkanes of at least 4 members (excludes halogenated alkanes) is 40. The SMILES string of the molecule is CC/C=C\C/C=C\C/C=C\C/C=C\C/C=C\C/C=C\C/C=C\C/C=C\CCCCCCCCCCCCCCC(=O)OC(COC(=O)CCCCCCCCCCCCCCCCCCCCCCCCC/C=C\C/C=C\CCCCCCC)COP(=O)(O)OCCN. The van der Waals surface area contributed by atoms with Crippen LogP contribution in [0.15, 0.2) is 122 Å². The third-order valence-electron chi connectivity index (χ3n) is 16.8. The van der Waals surface area contributed by atoms with Gasteiger partial charge in [0.15, 0.2) is 6.10 Å². The van der Waals surface area contributed by atoms with E-state index < -0.39 is 26.5 Å². The second-order valence-electron chi connectivity index (χ2n) is 25.8. The van der Waals surface area contributed by atoms with Gasteiger partial charge in [-0.1, -0.05) is 360 Å². The third kappa shape index (κ3) is 77.3. The average molecular weight is 1320 g/mol. The van der Waals surface area contributed by atoms with E-state index in [1.807, 2.05) is 0 Å². The fraction of sp³-hybridized carbons (Fsp3) is 0.735. The van der Waals surface area contributed by atoms with E-state index in [-0.39, 0.29) is 38.6 Å². The molecule has 0 aliphatic heterocycles. The van der Waals surface area contributed by atoms with Crippen molar-refractivity contribution in [3.05, 3.63) is 122 Å². The van der Waals surface area contributed by atoms with Gasteiger partial charge in [0.1, 0.15) is 6.61 Å². The molecule has 0 saturated heterocycles. The van der Waals surface area contributed by atoms with Crippen LogP contribution in [-0.4, -0.2) is 49.3 Å². The number of carbonyl (C=O) groups excluding carboxylic acids is 2. The summed E-state index contributed by atoms with van der Waals surface area (Å²) in [7, 11) is -4.40. The summed E-state index contributed by atoms with van der Waals surface area (Å²) in [5, 5.41) is 0. The number of hydrogen-bond donors (Lipinski definition) is 2. The Bertz CT molecular complexity index is 1950. The van der Waals surface area contributed by atoms with Gasteiger partial charge in [0.25, 0.3) is 0 Å². The summed E-state index contributed by atoms with van der Waals surface area (Å²) in [4.78, 5) is 35.5. The molecule has 0 aromatic heterocycles. The number of esters is 2. The van der Waals surface area contributed by atoms with Crippen LogP contribution in [0.5, 0.6) is 0 Å². The molecular weight excluding hydrogens is 1170 g/mol. The standard InChI is InChI=1S/C83H146NO8P/c1-3-5-7-9-11-13-15-17-19-21-23-25-27-29-31-33-35-37-39-40-42-44-46-48-50-52-54-56-58-60-62-64-66-68-70-72-74-76-83(86)92-81(80-91-93(87,88)90-78-77-84)79-89-82(85)75-73-71-69-67-65-63-61-59-57-55-53-51-49-47-45-43-41-38-36-34-32-30-28-26-24-22-20-18-16-14-12-10-8-6-4-2/h5,7,11,13,16-19,22-25,29,31,35,37,40,42,46,48,81H,3-4,6,8-10,12,14-15,20-21,26-28,30,32-34,36,38-39,41,43-45,47,49-80,84H2,1-2H3,(H,87,88)/b7-5-,13-11-,18-16-,19-17-,24-22-,25-23-,31-29-,37-35-,42-40-,48-46-. The molecule has 10 heteroatoms. The van der Waals surface area contributed by atoms with E-state index in [0.29, 0.717) is 6.42 Å². The molecule has 2 atom stereocenters. The van der Waals surface area contributed by atoms with Crippen LogP contribution >= 0.6 is 7.82 Å². The minimum absolute atomic E-state index is 0.0502. The topological polar surface area (TPSA) is 134 Å². The van der Waals surface area contributed by atoms with Crippen molar-refractivity contribution in [3.63, 3.8) is 0 Å². The highest BCUT2D eigenvalue weighted by Crippen LogP contribution is 2.43. The van der Waals surface area contributed by atoms with Gasteiger partial charge in [-0.05, 0) is 109 Å². The Morgan fingerprint density at radius 1 is 0.333 bits per heavy atom. The molecule has 0 aliphatic carbocycles. The van der Waals surface area contributed by atoms with Gasteiger partial charge in [0, 0.05) is 19.4 Å². The Kier molecular flexibility index (Phi) is 74.4. The highest BCUT2D eigenvalue weighted by molar-refractivity contribution is 7.47. The molecule has 9 nitrogen and oxygen atoms in total. The van der Waals surface area contributed by atoms with E-state index in [9.17, 15) is 19.0 Å². The predicted octanol–water partition coefficient (Wildman–Crippen LogP) is 26.2. The lowest BCUT2D eigenvalue weighted by atomic mass is 10.0. The number of phosphoric ester groups is 1. The van der Waals surface area contributed by atoms with Crippen molar-refractivity contribution in [2.24, 2.45) is 5.73 Å². The smallest absolute Gasteiger partial charge is 0.462 e. The highest BCUT2D eigenvalue weighted by atomic mass is 31.2. The van der Waals surface area contributed by atoms with Gasteiger partial charge in [-0.3, -0.25) is 18.6 Å². The summed E-state index contributed by atoms with van der Waals surface area (Å²) in [5.41, 5.74) is 5.41. The maximum atomic E-state index is 12.8. The zero-order valence-electron chi connectivity index (χ0n) is 60.5. The van der Waals surface area contributed by atoms with Gasteiger partial charge in [0.2, 0.25) is 0 Å². The fourth-order valence-corrected chi connectivity index (χ4v) is 11.9. The molecule has 536 valence electrons. The lowest BCUT2D eigenvalue weighted by Crippen LogP contribution is -2.29. The number of allylic oxidation sites excluding steroid dienone is 20. The van der Waals surface area contributed by atoms with E-state index in [2.05, 4.69) is 135 Å². The minimum atomic E-state index is -4.40. The number of rotatable bonds is 73. The van der Waals surface area contributed by atoms with Crippen LogP contribution < -0.4 is 5.73 Å². The van der Waals surface area contributed by atoms with Crippen molar-refractivity contribution < 1.29 is 37.6 Å². The Morgan fingerprint density at radius 2 is 0.591 bits per heavy atom. The molecule has 0 amide bonds. The first-order valence-corrected chi connectivity index (χ1v) is 40.5. The lowest BCUT2D eigenvalue weighted by molar-refractivity contribution is -0.161. The summed E-state index contributed by atoms with van der Waals surface area (Å²) in [6.07, 6.45) is 109. The van der Waals surface area contributed by atoms with Crippen LogP contribution in [0.25, 0.3) is 0 Å². The first kappa shape index (κ1) is 89.4. The van der Waals surface area contributed by atoms with Crippen molar-refractivity contribution in [3.8, 4) is 0 Å². The summed E-state index contributed by atoms with van der Waals surface area (Å²) in [5.74, 6) is -0.820. The van der Waals surface area contributed by atoms with Crippen molar-refractivity contribution in [1.82, 2.24) is 0 Å². The molecule has 0 aliphatic rings. The van der Waals surface area contributed by atoms with Crippen LogP contribution in [-0.2, 0) is 32.7 Å². The molecule has 0 rings (SSSR count). The Hall–Kier alpha value is -3.59. The molecule has 0 radical (unpaired) electrons. The number of carbonyl (C=O) groups is 2. The molecule has 0 aromatic rings. The molecule has 0 aromatic carbocycles. The fourth-order valence-electron chi connectivity index (χ4n) is 11.1. The van der Waals surface area contributed by atoms with Gasteiger partial charge in [-0.2, -0.15) is 0 Å². The largest absolute Gasteiger partial charge is 0.472 e. The first-order chi connectivity index (χ1) is 45.8. The molecule has 0 saturated carbocycles. The second kappa shape index (κ2) is 77.4. The molecule has 0 fully saturated rings. The molecule has 0 heterocycles. The van der Waals surface area contributed by atoms with Crippen LogP contribution in [0.4, 0.5) is 0 Å². The Balaban J connectivity index is 3.84. The number of hydrogen-bond acceptors (Lipinski definition) is 8. The summed E-state index contributed by atoms with van der Waals surface area (Å²) in [6, 6.07) is 0. The summed E-state index contributed by atoms with van der Waals surface area (Å²) >= 11 is 0. The lowest BCUT2D eigenvalue weighted by Gasteiger charge is -2.19. The first-order valence-electron chi connectivity index (χ1n) is 39.0. The average Bonchev–Trinajstić information content (AvgIpc) is 3.04. The summed E-state index contributed by atoms with van der Waals surface area (Å²) in [6.45, 7) is 3.66. The number of nitrogens with two attached hydrogens (primary N) is 1. The minimum Gasteiger partial charge on any atom is -0.462 e. The van der Waals surface area contributed by atoms with E-state index in [1.165, 1.54) is 231 Å². The third-order valence-corrected chi connectivity index (χ3v) is 17.8. The van der Waals surface area contributed by atoms with Crippen molar-refractivity contribution in [2.45, 2.75) is 367 Å². The van der Waals surface area contributed by atoms with E-state index in [1.54, 1.807) is 0 Å². The zero-order valence-corrected chi connectivity index (χ0v) is 61.4. The number of ether oxygens (including phenoxy) is 2. The monoisotopic (exact) mass is 1320 g/mol. The molecule has 0 spiro atoms. The van der Waals surface area contributed by atoms with Gasteiger partial charge in [-0.25, -0.2) is 4.57 Å². The molecule has 2 unspecified atom stereocenters. The predicted molar refractivity (Wildman–Crippen MR) is 404 cm³/mol. The molecular formula is C83H146NO8P. The maximum absolute atomic E-state index is 12.8. The van der Waals surface area contributed by atoms with Gasteiger partial charge < -0.3 is 20.1 Å². The van der Waals surface area contributed by atoms with Gasteiger partial charge >= 0.3 is 19.8 Å². The van der Waals surface area contributed by atoms with Crippen LogP contribution in [0.3, 0.4) is 0 Å². The van der Waals surface area contributed by atoms with Crippen LogP contribution in [0.2, 0.25) is 0 Å². The van der Waals surface area contributed by atoms with E-state index >= 15 is 0 Å². The number of phosphoric acid groups is 1. The second-order valence-corrected chi connectivity index (χ2v) is 27.3. The van der Waals surface area contributed by atoms with E-state index in [4.69, 9.17) is 24.3 Å². The zero-order chi connectivity index (χ0) is 67.2. The highest BCUT2D eigenvalue weighted by Gasteiger charge is 2.26. The van der Waals surface area contributed by atoms with Crippen molar-refractivity contribution in [2.75, 3.05) is 26.4 Å². The Labute approximate surface area is 574 Å². The van der Waals surface area contributed by atoms with Crippen LogP contribution in [0, 0.1) is 0 Å². The maximum Gasteiger partial charge on any atom is 0.472 e. The normalized spacial score (nSPS) is 13.5. The van der Waals surface area contributed by atoms with Crippen molar-refractivity contribution in [1.29, 1.82) is 0 Å².